The van der Waals surface area contributed by atoms with Crippen LogP contribution in [-0.2, 0) is 0 Å². The third kappa shape index (κ3) is 4.22. The van der Waals surface area contributed by atoms with Crippen molar-refractivity contribution in [2.24, 2.45) is 0 Å². The molecule has 1 aromatic carbocycles. The monoisotopic (exact) mass is 433 g/mol. The maximum absolute atomic E-state index is 12.3. The smallest absolute Gasteiger partial charge is 0.322 e. The number of hydrogen-bond donors (Lipinski definition) is 1. The average molecular weight is 434 g/mol. The van der Waals surface area contributed by atoms with Gasteiger partial charge in [0.15, 0.2) is 5.82 Å². The Hall–Kier alpha value is -2.35. The van der Waals surface area contributed by atoms with E-state index in [0.29, 0.717) is 41.9 Å². The van der Waals surface area contributed by atoms with Crippen LogP contribution in [-0.4, -0.2) is 47.3 Å². The molecule has 2 aromatic heterocycles. The molecule has 3 heterocycles. The normalized spacial score (nSPS) is 14.2. The molecule has 0 atom stereocenters. The van der Waals surface area contributed by atoms with Gasteiger partial charge in [-0.25, -0.2) is 4.79 Å². The lowest BCUT2D eigenvalue weighted by atomic mass is 10.1. The summed E-state index contributed by atoms with van der Waals surface area (Å²) in [6.45, 7) is 2.66. The molecule has 0 unspecified atom stereocenters. The van der Waals surface area contributed by atoms with Gasteiger partial charge in [-0.05, 0) is 47.8 Å². The van der Waals surface area contributed by atoms with E-state index in [1.165, 1.54) is 11.3 Å². The number of hydrogen-bond acceptors (Lipinski definition) is 5. The zero-order chi connectivity index (χ0) is 19.5. The standard InChI is InChI=1S/C19H17Cl2N5OS/c20-13-3-4-14(15(21)12-13)16-5-6-17(24-23-16)25-7-9-26(10-8-25)19(27)22-18-2-1-11-28-18/h1-6,11-12H,7-10H2,(H,22,27). The van der Waals surface area contributed by atoms with Gasteiger partial charge in [0.1, 0.15) is 0 Å². The quantitative estimate of drug-likeness (QED) is 0.639. The zero-order valence-electron chi connectivity index (χ0n) is 14.8. The fraction of sp³-hybridized carbons (Fsp3) is 0.211. The fourth-order valence-corrected chi connectivity index (χ4v) is 4.12. The summed E-state index contributed by atoms with van der Waals surface area (Å²) >= 11 is 13.7. The molecule has 1 N–H and O–H groups in total. The minimum absolute atomic E-state index is 0.0686. The van der Waals surface area contributed by atoms with Crippen molar-refractivity contribution in [3.63, 3.8) is 0 Å². The van der Waals surface area contributed by atoms with E-state index in [2.05, 4.69) is 20.4 Å². The first-order valence-electron chi connectivity index (χ1n) is 8.74. The van der Waals surface area contributed by atoms with E-state index in [9.17, 15) is 4.79 Å². The molecule has 1 aliphatic heterocycles. The lowest BCUT2D eigenvalue weighted by molar-refractivity contribution is 0.208. The van der Waals surface area contributed by atoms with E-state index >= 15 is 0 Å². The van der Waals surface area contributed by atoms with Crippen LogP contribution in [0.15, 0.2) is 47.8 Å². The Morgan fingerprint density at radius 2 is 1.86 bits per heavy atom. The zero-order valence-corrected chi connectivity index (χ0v) is 17.1. The van der Waals surface area contributed by atoms with E-state index in [4.69, 9.17) is 23.2 Å². The molecular weight excluding hydrogens is 417 g/mol. The van der Waals surface area contributed by atoms with Crippen LogP contribution in [0.2, 0.25) is 10.0 Å². The highest BCUT2D eigenvalue weighted by Gasteiger charge is 2.22. The van der Waals surface area contributed by atoms with Crippen molar-refractivity contribution >= 4 is 51.4 Å². The predicted molar refractivity (Wildman–Crippen MR) is 115 cm³/mol. The second-order valence-electron chi connectivity index (χ2n) is 6.28. The number of rotatable bonds is 3. The lowest BCUT2D eigenvalue weighted by Gasteiger charge is -2.35. The number of anilines is 2. The number of aromatic nitrogens is 2. The van der Waals surface area contributed by atoms with Crippen LogP contribution in [0.4, 0.5) is 15.6 Å². The average Bonchev–Trinajstić information content (AvgIpc) is 3.21. The van der Waals surface area contributed by atoms with Gasteiger partial charge in [-0.2, -0.15) is 0 Å². The third-order valence-corrected chi connectivity index (χ3v) is 5.83. The highest BCUT2D eigenvalue weighted by Crippen LogP contribution is 2.29. The van der Waals surface area contributed by atoms with Crippen LogP contribution in [0, 0.1) is 0 Å². The van der Waals surface area contributed by atoms with Gasteiger partial charge in [-0.1, -0.05) is 23.2 Å². The molecule has 144 valence electrons. The van der Waals surface area contributed by atoms with Gasteiger partial charge in [0.25, 0.3) is 0 Å². The summed E-state index contributed by atoms with van der Waals surface area (Å²) in [6.07, 6.45) is 0. The highest BCUT2D eigenvalue weighted by molar-refractivity contribution is 7.14. The summed E-state index contributed by atoms with van der Waals surface area (Å²) in [5, 5.41) is 15.5. The molecule has 9 heteroatoms. The number of piperazine rings is 1. The molecule has 6 nitrogen and oxygen atoms in total. The molecule has 2 amide bonds. The number of carbonyl (C=O) groups is 1. The van der Waals surface area contributed by atoms with Gasteiger partial charge in [0.05, 0.1) is 15.7 Å². The molecule has 0 bridgehead atoms. The Morgan fingerprint density at radius 3 is 2.50 bits per heavy atom. The number of carbonyl (C=O) groups excluding carboxylic acids is 1. The minimum atomic E-state index is -0.0686. The fourth-order valence-electron chi connectivity index (χ4n) is 3.01. The van der Waals surface area contributed by atoms with Crippen molar-refractivity contribution in [3.8, 4) is 11.3 Å². The molecule has 1 aliphatic rings. The maximum Gasteiger partial charge on any atom is 0.322 e. The minimum Gasteiger partial charge on any atom is -0.352 e. The first-order valence-corrected chi connectivity index (χ1v) is 10.4. The Bertz CT molecular complexity index is 957. The van der Waals surface area contributed by atoms with Crippen LogP contribution in [0.25, 0.3) is 11.3 Å². The molecule has 0 radical (unpaired) electrons. The van der Waals surface area contributed by atoms with Gasteiger partial charge in [-0.15, -0.1) is 21.5 Å². The summed E-state index contributed by atoms with van der Waals surface area (Å²) in [5.74, 6) is 0.784. The molecule has 28 heavy (non-hydrogen) atoms. The second kappa shape index (κ2) is 8.34. The molecule has 0 aliphatic carbocycles. The maximum atomic E-state index is 12.3. The Morgan fingerprint density at radius 1 is 1.04 bits per heavy atom. The second-order valence-corrected chi connectivity index (χ2v) is 8.07. The number of amides is 2. The highest BCUT2D eigenvalue weighted by atomic mass is 35.5. The van der Waals surface area contributed by atoms with Gasteiger partial charge >= 0.3 is 6.03 Å². The van der Waals surface area contributed by atoms with Gasteiger partial charge < -0.3 is 9.80 Å². The number of nitrogens with one attached hydrogen (secondary N) is 1. The summed E-state index contributed by atoms with van der Waals surface area (Å²) in [7, 11) is 0. The van der Waals surface area contributed by atoms with Gasteiger partial charge in [0.2, 0.25) is 0 Å². The largest absolute Gasteiger partial charge is 0.352 e. The lowest BCUT2D eigenvalue weighted by Crippen LogP contribution is -2.50. The predicted octanol–water partition coefficient (Wildman–Crippen LogP) is 4.87. The van der Waals surface area contributed by atoms with E-state index < -0.39 is 0 Å². The number of benzene rings is 1. The Kier molecular flexibility index (Phi) is 5.66. The summed E-state index contributed by atoms with van der Waals surface area (Å²) in [4.78, 5) is 16.3. The van der Waals surface area contributed by atoms with Gasteiger partial charge in [0, 0.05) is 36.8 Å². The first kappa shape index (κ1) is 19.0. The van der Waals surface area contributed by atoms with Crippen molar-refractivity contribution < 1.29 is 4.79 Å². The van der Waals surface area contributed by atoms with Crippen molar-refractivity contribution in [3.05, 3.63) is 57.9 Å². The van der Waals surface area contributed by atoms with Crippen LogP contribution in [0.5, 0.6) is 0 Å². The van der Waals surface area contributed by atoms with E-state index in [0.717, 1.165) is 16.4 Å². The Balaban J connectivity index is 1.37. The van der Waals surface area contributed by atoms with Crippen LogP contribution < -0.4 is 10.2 Å². The molecule has 0 saturated carbocycles. The molecular formula is C19H17Cl2N5OS. The van der Waals surface area contributed by atoms with Crippen LogP contribution >= 0.6 is 34.5 Å². The van der Waals surface area contributed by atoms with Crippen molar-refractivity contribution in [1.82, 2.24) is 15.1 Å². The molecule has 4 rings (SSSR count). The third-order valence-electron chi connectivity index (χ3n) is 4.50. The summed E-state index contributed by atoms with van der Waals surface area (Å²) < 4.78 is 0. The number of halogens is 2. The van der Waals surface area contributed by atoms with Gasteiger partial charge in [-0.3, -0.25) is 5.32 Å². The Labute approximate surface area is 176 Å². The topological polar surface area (TPSA) is 61.4 Å². The first-order chi connectivity index (χ1) is 13.6. The number of nitrogens with zero attached hydrogens (tertiary/aromatic N) is 4. The molecule has 0 spiro atoms. The van der Waals surface area contributed by atoms with E-state index in [-0.39, 0.29) is 6.03 Å². The van der Waals surface area contributed by atoms with Crippen molar-refractivity contribution in [2.75, 3.05) is 36.4 Å². The molecule has 3 aromatic rings. The summed E-state index contributed by atoms with van der Waals surface area (Å²) in [5.41, 5.74) is 1.49. The molecule has 1 saturated heterocycles. The van der Waals surface area contributed by atoms with E-state index in [1.807, 2.05) is 40.6 Å². The molecule has 1 fully saturated rings. The van der Waals surface area contributed by atoms with Crippen molar-refractivity contribution in [1.29, 1.82) is 0 Å². The van der Waals surface area contributed by atoms with Crippen LogP contribution in [0.3, 0.4) is 0 Å². The van der Waals surface area contributed by atoms with Crippen molar-refractivity contribution in [2.45, 2.75) is 0 Å². The number of thiophene rings is 1. The number of urea groups is 1. The SMILES string of the molecule is O=C(Nc1cccs1)N1CCN(c2ccc(-c3ccc(Cl)cc3Cl)nn2)CC1. The summed E-state index contributed by atoms with van der Waals surface area (Å²) in [6, 6.07) is 12.9. The van der Waals surface area contributed by atoms with Crippen LogP contribution in [0.1, 0.15) is 0 Å². The van der Waals surface area contributed by atoms with E-state index in [1.54, 1.807) is 12.1 Å².